The van der Waals surface area contributed by atoms with Gasteiger partial charge in [-0.1, -0.05) is 19.9 Å². The molecule has 100 valence electrons. The lowest BCUT2D eigenvalue weighted by molar-refractivity contribution is 0.0970. The number of carbonyl (C=O) groups is 1. The standard InChI is InChI=1S/C13H20N2O2S/c1-4-17-13(14-8-7-10(2)3)15-12(16)11-6-5-9-18-11/h5-6,9-10H,4,7-8H2,1-3H3,(H,14,15,16). The van der Waals surface area contributed by atoms with Crippen molar-refractivity contribution in [3.63, 3.8) is 0 Å². The molecule has 4 nitrogen and oxygen atoms in total. The molecule has 5 heteroatoms. The summed E-state index contributed by atoms with van der Waals surface area (Å²) in [6.07, 6.45) is 0.978. The SMILES string of the molecule is CCOC(=NCCC(C)C)NC(=O)c1cccs1. The number of rotatable bonds is 5. The van der Waals surface area contributed by atoms with Gasteiger partial charge in [0, 0.05) is 6.54 Å². The Bertz CT molecular complexity index is 386. The summed E-state index contributed by atoms with van der Waals surface area (Å²) in [5, 5.41) is 4.56. The largest absolute Gasteiger partial charge is 0.465 e. The highest BCUT2D eigenvalue weighted by Gasteiger charge is 2.10. The van der Waals surface area contributed by atoms with Gasteiger partial charge < -0.3 is 4.74 Å². The lowest BCUT2D eigenvalue weighted by Crippen LogP contribution is -2.32. The molecule has 18 heavy (non-hydrogen) atoms. The molecule has 0 saturated carbocycles. The average Bonchev–Trinajstić information content (AvgIpc) is 2.82. The van der Waals surface area contributed by atoms with Crippen LogP contribution in [-0.4, -0.2) is 25.1 Å². The van der Waals surface area contributed by atoms with Crippen LogP contribution in [0.3, 0.4) is 0 Å². The Kier molecular flexibility index (Phi) is 6.43. The fourth-order valence-corrected chi connectivity index (χ4v) is 1.87. The summed E-state index contributed by atoms with van der Waals surface area (Å²) in [6.45, 7) is 7.30. The average molecular weight is 268 g/mol. The molecule has 0 bridgehead atoms. The van der Waals surface area contributed by atoms with Gasteiger partial charge >= 0.3 is 0 Å². The van der Waals surface area contributed by atoms with Crippen molar-refractivity contribution in [2.75, 3.05) is 13.2 Å². The van der Waals surface area contributed by atoms with E-state index in [4.69, 9.17) is 4.74 Å². The topological polar surface area (TPSA) is 50.7 Å². The molecule has 1 heterocycles. The van der Waals surface area contributed by atoms with Gasteiger partial charge in [0.2, 0.25) is 0 Å². The molecule has 1 N–H and O–H groups in total. The lowest BCUT2D eigenvalue weighted by atomic mass is 10.1. The number of aliphatic imine (C=N–C) groups is 1. The van der Waals surface area contributed by atoms with Gasteiger partial charge in [-0.3, -0.25) is 10.1 Å². The van der Waals surface area contributed by atoms with Gasteiger partial charge in [0.1, 0.15) is 0 Å². The summed E-state index contributed by atoms with van der Waals surface area (Å²) in [5.41, 5.74) is 0. The molecule has 0 atom stereocenters. The van der Waals surface area contributed by atoms with Crippen LogP contribution in [0.1, 0.15) is 36.9 Å². The molecule has 1 aromatic heterocycles. The molecule has 0 aliphatic carbocycles. The number of hydrogen-bond donors (Lipinski definition) is 1. The molecule has 0 aliphatic heterocycles. The third kappa shape index (κ3) is 5.31. The highest BCUT2D eigenvalue weighted by molar-refractivity contribution is 7.12. The maximum absolute atomic E-state index is 11.8. The zero-order chi connectivity index (χ0) is 13.4. The van der Waals surface area contributed by atoms with Crippen molar-refractivity contribution in [2.24, 2.45) is 10.9 Å². The van der Waals surface area contributed by atoms with Crippen molar-refractivity contribution in [1.82, 2.24) is 5.32 Å². The smallest absolute Gasteiger partial charge is 0.291 e. The number of amidine groups is 1. The second kappa shape index (κ2) is 7.87. The number of nitrogens with one attached hydrogen (secondary N) is 1. The van der Waals surface area contributed by atoms with Crippen LogP contribution in [0.25, 0.3) is 0 Å². The Labute approximate surface area is 112 Å². The predicted molar refractivity (Wildman–Crippen MR) is 75.2 cm³/mol. The van der Waals surface area contributed by atoms with Gasteiger partial charge in [0.25, 0.3) is 11.9 Å². The minimum atomic E-state index is -0.165. The number of ether oxygens (including phenoxy) is 1. The van der Waals surface area contributed by atoms with Crippen LogP contribution in [0.4, 0.5) is 0 Å². The Morgan fingerprint density at radius 1 is 1.56 bits per heavy atom. The van der Waals surface area contributed by atoms with Gasteiger partial charge in [-0.25, -0.2) is 4.99 Å². The number of carbonyl (C=O) groups excluding carboxylic acids is 1. The number of amides is 1. The van der Waals surface area contributed by atoms with Crippen molar-refractivity contribution in [3.05, 3.63) is 22.4 Å². The molecule has 0 aromatic carbocycles. The van der Waals surface area contributed by atoms with E-state index in [1.54, 1.807) is 6.07 Å². The van der Waals surface area contributed by atoms with E-state index in [1.807, 2.05) is 18.4 Å². The molecular weight excluding hydrogens is 248 g/mol. The van der Waals surface area contributed by atoms with E-state index >= 15 is 0 Å². The molecule has 0 fully saturated rings. The first-order valence-electron chi connectivity index (χ1n) is 6.15. The van der Waals surface area contributed by atoms with Gasteiger partial charge in [-0.2, -0.15) is 0 Å². The summed E-state index contributed by atoms with van der Waals surface area (Å²) in [5.74, 6) is 0.423. The van der Waals surface area contributed by atoms with E-state index in [1.165, 1.54) is 11.3 Å². The molecule has 0 saturated heterocycles. The van der Waals surface area contributed by atoms with Crippen LogP contribution in [-0.2, 0) is 4.74 Å². The van der Waals surface area contributed by atoms with E-state index in [2.05, 4.69) is 24.2 Å². The van der Waals surface area contributed by atoms with Crippen LogP contribution in [0, 0.1) is 5.92 Å². The molecule has 1 aromatic rings. The summed E-state index contributed by atoms with van der Waals surface area (Å²) in [6, 6.07) is 3.93. The molecule has 0 unspecified atom stereocenters. The van der Waals surface area contributed by atoms with Crippen molar-refractivity contribution in [2.45, 2.75) is 27.2 Å². The molecule has 1 rings (SSSR count). The molecule has 0 aliphatic rings. The first-order chi connectivity index (χ1) is 8.63. The quantitative estimate of drug-likeness (QED) is 0.659. The zero-order valence-electron chi connectivity index (χ0n) is 11.1. The van der Waals surface area contributed by atoms with Crippen molar-refractivity contribution >= 4 is 23.3 Å². The van der Waals surface area contributed by atoms with Gasteiger partial charge in [-0.05, 0) is 30.7 Å². The Hall–Kier alpha value is -1.36. The zero-order valence-corrected chi connectivity index (χ0v) is 11.9. The van der Waals surface area contributed by atoms with Crippen LogP contribution < -0.4 is 5.32 Å². The Balaban J connectivity index is 2.54. The van der Waals surface area contributed by atoms with Crippen molar-refractivity contribution in [3.8, 4) is 0 Å². The fraction of sp³-hybridized carbons (Fsp3) is 0.538. The number of nitrogens with zero attached hydrogens (tertiary/aromatic N) is 1. The minimum Gasteiger partial charge on any atom is -0.465 e. The molecular formula is C13H20N2O2S. The second-order valence-electron chi connectivity index (χ2n) is 4.23. The van der Waals surface area contributed by atoms with Crippen molar-refractivity contribution in [1.29, 1.82) is 0 Å². The van der Waals surface area contributed by atoms with Gasteiger partial charge in [0.05, 0.1) is 11.5 Å². The highest BCUT2D eigenvalue weighted by Crippen LogP contribution is 2.07. The number of hydrogen-bond acceptors (Lipinski definition) is 4. The third-order valence-corrected chi connectivity index (χ3v) is 3.08. The van der Waals surface area contributed by atoms with E-state index in [0.29, 0.717) is 30.0 Å². The lowest BCUT2D eigenvalue weighted by Gasteiger charge is -2.08. The summed E-state index contributed by atoms with van der Waals surface area (Å²) in [7, 11) is 0. The molecule has 0 radical (unpaired) electrons. The van der Waals surface area contributed by atoms with Crippen LogP contribution in [0.5, 0.6) is 0 Å². The molecule has 1 amide bonds. The number of thiophene rings is 1. The molecule has 0 spiro atoms. The Morgan fingerprint density at radius 3 is 2.89 bits per heavy atom. The first kappa shape index (κ1) is 14.7. The van der Waals surface area contributed by atoms with E-state index in [9.17, 15) is 4.79 Å². The normalized spacial score (nSPS) is 11.7. The summed E-state index contributed by atoms with van der Waals surface area (Å²) < 4.78 is 5.32. The van der Waals surface area contributed by atoms with E-state index in [-0.39, 0.29) is 5.91 Å². The van der Waals surface area contributed by atoms with E-state index < -0.39 is 0 Å². The van der Waals surface area contributed by atoms with Crippen LogP contribution >= 0.6 is 11.3 Å². The van der Waals surface area contributed by atoms with Crippen LogP contribution in [0.15, 0.2) is 22.5 Å². The summed E-state index contributed by atoms with van der Waals surface area (Å²) in [4.78, 5) is 16.8. The second-order valence-corrected chi connectivity index (χ2v) is 5.18. The highest BCUT2D eigenvalue weighted by atomic mass is 32.1. The first-order valence-corrected chi connectivity index (χ1v) is 7.03. The Morgan fingerprint density at radius 2 is 2.33 bits per heavy atom. The van der Waals surface area contributed by atoms with Gasteiger partial charge in [-0.15, -0.1) is 11.3 Å². The van der Waals surface area contributed by atoms with Crippen molar-refractivity contribution < 1.29 is 9.53 Å². The van der Waals surface area contributed by atoms with Crippen LogP contribution in [0.2, 0.25) is 0 Å². The van der Waals surface area contributed by atoms with Gasteiger partial charge in [0.15, 0.2) is 0 Å². The predicted octanol–water partition coefficient (Wildman–Crippen LogP) is 2.92. The maximum Gasteiger partial charge on any atom is 0.291 e. The van der Waals surface area contributed by atoms with E-state index in [0.717, 1.165) is 6.42 Å². The fourth-order valence-electron chi connectivity index (χ4n) is 1.25. The summed E-state index contributed by atoms with van der Waals surface area (Å²) >= 11 is 1.40. The maximum atomic E-state index is 11.8. The minimum absolute atomic E-state index is 0.165. The monoisotopic (exact) mass is 268 g/mol. The third-order valence-electron chi connectivity index (χ3n) is 2.21.